The lowest BCUT2D eigenvalue weighted by molar-refractivity contribution is -0.274. The van der Waals surface area contributed by atoms with Gasteiger partial charge >= 0.3 is 6.36 Å². The standard InChI is InChI=1S/C16H17F3N4O/c17-16(18,19)24-14-1-2-15(21-11-14)23-9-7-22(8-10-23)12-13-3-5-20-6-4-13/h1-6,11H,7-10,12H2. The number of anilines is 1. The molecule has 0 aromatic carbocycles. The lowest BCUT2D eigenvalue weighted by Gasteiger charge is -2.35. The zero-order chi connectivity index (χ0) is 17.0. The normalized spacial score (nSPS) is 16.2. The predicted octanol–water partition coefficient (Wildman–Crippen LogP) is 2.70. The van der Waals surface area contributed by atoms with Gasteiger partial charge in [0.15, 0.2) is 0 Å². The molecule has 1 fully saturated rings. The van der Waals surface area contributed by atoms with Gasteiger partial charge in [0.05, 0.1) is 6.20 Å². The van der Waals surface area contributed by atoms with E-state index in [-0.39, 0.29) is 5.75 Å². The highest BCUT2D eigenvalue weighted by molar-refractivity contribution is 5.41. The molecule has 0 unspecified atom stereocenters. The molecule has 0 N–H and O–H groups in total. The van der Waals surface area contributed by atoms with Crippen molar-refractivity contribution in [1.82, 2.24) is 14.9 Å². The number of ether oxygens (including phenoxy) is 1. The van der Waals surface area contributed by atoms with E-state index in [4.69, 9.17) is 0 Å². The molecule has 5 nitrogen and oxygen atoms in total. The summed E-state index contributed by atoms with van der Waals surface area (Å²) < 4.78 is 40.3. The monoisotopic (exact) mass is 338 g/mol. The first-order chi connectivity index (χ1) is 11.5. The number of halogens is 3. The Bertz CT molecular complexity index is 641. The lowest BCUT2D eigenvalue weighted by Crippen LogP contribution is -2.46. The minimum absolute atomic E-state index is 0.303. The Labute approximate surface area is 137 Å². The van der Waals surface area contributed by atoms with E-state index in [1.807, 2.05) is 12.1 Å². The number of hydrogen-bond acceptors (Lipinski definition) is 5. The van der Waals surface area contributed by atoms with Gasteiger partial charge in [-0.05, 0) is 29.8 Å². The van der Waals surface area contributed by atoms with Gasteiger partial charge in [-0.15, -0.1) is 13.2 Å². The summed E-state index contributed by atoms with van der Waals surface area (Å²) in [5, 5.41) is 0. The third-order valence-electron chi connectivity index (χ3n) is 3.81. The van der Waals surface area contributed by atoms with Crippen molar-refractivity contribution in [1.29, 1.82) is 0 Å². The van der Waals surface area contributed by atoms with Gasteiger partial charge in [0.1, 0.15) is 11.6 Å². The van der Waals surface area contributed by atoms with E-state index < -0.39 is 6.36 Å². The van der Waals surface area contributed by atoms with Crippen LogP contribution in [-0.2, 0) is 6.54 Å². The van der Waals surface area contributed by atoms with Gasteiger partial charge in [0, 0.05) is 45.1 Å². The molecule has 0 atom stereocenters. The number of aromatic nitrogens is 2. The SMILES string of the molecule is FC(F)(F)Oc1ccc(N2CCN(Cc3ccncc3)CC2)nc1. The fraction of sp³-hybridized carbons (Fsp3) is 0.375. The Morgan fingerprint density at radius 2 is 1.71 bits per heavy atom. The third kappa shape index (κ3) is 4.58. The van der Waals surface area contributed by atoms with Crippen LogP contribution in [0.15, 0.2) is 42.9 Å². The Balaban J connectivity index is 1.53. The lowest BCUT2D eigenvalue weighted by atomic mass is 10.2. The highest BCUT2D eigenvalue weighted by Gasteiger charge is 2.31. The molecule has 0 aliphatic carbocycles. The Kier molecular flexibility index (Phi) is 4.84. The quantitative estimate of drug-likeness (QED) is 0.857. The van der Waals surface area contributed by atoms with E-state index in [1.54, 1.807) is 18.5 Å². The molecule has 8 heteroatoms. The van der Waals surface area contributed by atoms with E-state index >= 15 is 0 Å². The molecule has 24 heavy (non-hydrogen) atoms. The second-order valence-electron chi connectivity index (χ2n) is 5.52. The first kappa shape index (κ1) is 16.5. The molecule has 0 bridgehead atoms. The Hall–Kier alpha value is -2.35. The highest BCUT2D eigenvalue weighted by Crippen LogP contribution is 2.24. The van der Waals surface area contributed by atoms with Crippen molar-refractivity contribution in [3.05, 3.63) is 48.4 Å². The molecule has 0 saturated carbocycles. The van der Waals surface area contributed by atoms with Gasteiger partial charge in [0.25, 0.3) is 0 Å². The van der Waals surface area contributed by atoms with E-state index in [1.165, 1.54) is 11.6 Å². The molecule has 3 rings (SSSR count). The number of pyridine rings is 2. The molecule has 0 amide bonds. The van der Waals surface area contributed by atoms with Crippen LogP contribution < -0.4 is 9.64 Å². The molecular formula is C16H17F3N4O. The first-order valence-electron chi connectivity index (χ1n) is 7.58. The summed E-state index contributed by atoms with van der Waals surface area (Å²) in [5.41, 5.74) is 1.21. The molecule has 0 spiro atoms. The topological polar surface area (TPSA) is 41.5 Å². The zero-order valence-corrected chi connectivity index (χ0v) is 12.9. The first-order valence-corrected chi connectivity index (χ1v) is 7.58. The highest BCUT2D eigenvalue weighted by atomic mass is 19.4. The minimum atomic E-state index is -4.69. The van der Waals surface area contributed by atoms with Crippen molar-refractivity contribution >= 4 is 5.82 Å². The van der Waals surface area contributed by atoms with Crippen LogP contribution in [0.5, 0.6) is 5.75 Å². The van der Waals surface area contributed by atoms with Gasteiger partial charge < -0.3 is 9.64 Å². The largest absolute Gasteiger partial charge is 0.573 e. The van der Waals surface area contributed by atoms with Gasteiger partial charge in [-0.3, -0.25) is 9.88 Å². The minimum Gasteiger partial charge on any atom is -0.404 e. The summed E-state index contributed by atoms with van der Waals surface area (Å²) in [5.74, 6) is 0.357. The summed E-state index contributed by atoms with van der Waals surface area (Å²) in [4.78, 5) is 12.5. The zero-order valence-electron chi connectivity index (χ0n) is 12.9. The molecule has 1 aliphatic heterocycles. The Morgan fingerprint density at radius 1 is 1.00 bits per heavy atom. The van der Waals surface area contributed by atoms with Crippen LogP contribution in [0, 0.1) is 0 Å². The maximum Gasteiger partial charge on any atom is 0.573 e. The summed E-state index contributed by atoms with van der Waals surface area (Å²) in [6.45, 7) is 4.15. The average Bonchev–Trinajstić information content (AvgIpc) is 2.56. The summed E-state index contributed by atoms with van der Waals surface area (Å²) in [6.07, 6.45) is -0.0336. The van der Waals surface area contributed by atoms with Crippen molar-refractivity contribution in [3.8, 4) is 5.75 Å². The summed E-state index contributed by atoms with van der Waals surface area (Å²) in [7, 11) is 0. The molecule has 1 saturated heterocycles. The van der Waals surface area contributed by atoms with Crippen LogP contribution in [-0.4, -0.2) is 47.4 Å². The van der Waals surface area contributed by atoms with Crippen molar-refractivity contribution in [2.45, 2.75) is 12.9 Å². The van der Waals surface area contributed by atoms with E-state index in [9.17, 15) is 13.2 Å². The molecule has 0 radical (unpaired) electrons. The van der Waals surface area contributed by atoms with Crippen LogP contribution in [0.2, 0.25) is 0 Å². The summed E-state index contributed by atoms with van der Waals surface area (Å²) in [6, 6.07) is 6.83. The van der Waals surface area contributed by atoms with Crippen molar-refractivity contribution in [2.24, 2.45) is 0 Å². The number of piperazine rings is 1. The smallest absolute Gasteiger partial charge is 0.404 e. The van der Waals surface area contributed by atoms with E-state index in [2.05, 4.69) is 24.5 Å². The number of rotatable bonds is 4. The van der Waals surface area contributed by atoms with Crippen LogP contribution in [0.25, 0.3) is 0 Å². The van der Waals surface area contributed by atoms with Crippen LogP contribution in [0.1, 0.15) is 5.56 Å². The molecule has 3 heterocycles. The molecule has 1 aliphatic rings. The van der Waals surface area contributed by atoms with Crippen molar-refractivity contribution in [2.75, 3.05) is 31.1 Å². The van der Waals surface area contributed by atoms with Crippen LogP contribution in [0.3, 0.4) is 0 Å². The average molecular weight is 338 g/mol. The van der Waals surface area contributed by atoms with Gasteiger partial charge in [-0.1, -0.05) is 0 Å². The van der Waals surface area contributed by atoms with E-state index in [0.717, 1.165) is 38.9 Å². The van der Waals surface area contributed by atoms with Crippen molar-refractivity contribution < 1.29 is 17.9 Å². The maximum atomic E-state index is 12.1. The third-order valence-corrected chi connectivity index (χ3v) is 3.81. The van der Waals surface area contributed by atoms with Crippen molar-refractivity contribution in [3.63, 3.8) is 0 Å². The maximum absolute atomic E-state index is 12.1. The van der Waals surface area contributed by atoms with Gasteiger partial charge in [-0.25, -0.2) is 4.98 Å². The molecule has 2 aromatic heterocycles. The van der Waals surface area contributed by atoms with Gasteiger partial charge in [-0.2, -0.15) is 0 Å². The Morgan fingerprint density at radius 3 is 2.29 bits per heavy atom. The summed E-state index contributed by atoms with van der Waals surface area (Å²) >= 11 is 0. The van der Waals surface area contributed by atoms with E-state index in [0.29, 0.717) is 5.82 Å². The fourth-order valence-corrected chi connectivity index (χ4v) is 2.64. The number of alkyl halides is 3. The second-order valence-corrected chi connectivity index (χ2v) is 5.52. The van der Waals surface area contributed by atoms with Crippen LogP contribution in [0.4, 0.5) is 19.0 Å². The number of nitrogens with zero attached hydrogens (tertiary/aromatic N) is 4. The van der Waals surface area contributed by atoms with Gasteiger partial charge in [0.2, 0.25) is 0 Å². The molecule has 128 valence electrons. The molecule has 2 aromatic rings. The van der Waals surface area contributed by atoms with Crippen LogP contribution >= 0.6 is 0 Å². The number of hydrogen-bond donors (Lipinski definition) is 0. The second kappa shape index (κ2) is 7.04. The fourth-order valence-electron chi connectivity index (χ4n) is 2.64. The predicted molar refractivity (Wildman–Crippen MR) is 82.6 cm³/mol. The molecular weight excluding hydrogens is 321 g/mol.